The predicted molar refractivity (Wildman–Crippen MR) is 85.2 cm³/mol. The van der Waals surface area contributed by atoms with Crippen LogP contribution in [-0.4, -0.2) is 53.8 Å². The largest absolute Gasteiger partial charge is 0.481 e. The first-order valence-electron chi connectivity index (χ1n) is 9.01. The standard InChI is InChI=1S/C17H28N2O4/c20-16(21)13-4-6-14(7-5-13)18-17(22)19-8-9-23-11-15(19)10-12-2-1-3-12/h12-15H,1-11H2,(H,18,22)(H,20,21). The van der Waals surface area contributed by atoms with Crippen molar-refractivity contribution in [2.75, 3.05) is 19.8 Å². The molecule has 2 saturated carbocycles. The van der Waals surface area contributed by atoms with Crippen molar-refractivity contribution in [3.05, 3.63) is 0 Å². The van der Waals surface area contributed by atoms with Crippen LogP contribution in [0.3, 0.4) is 0 Å². The highest BCUT2D eigenvalue weighted by molar-refractivity contribution is 5.75. The molecule has 0 aromatic heterocycles. The highest BCUT2D eigenvalue weighted by Gasteiger charge is 2.33. The van der Waals surface area contributed by atoms with Crippen molar-refractivity contribution in [3.63, 3.8) is 0 Å². The zero-order valence-electron chi connectivity index (χ0n) is 13.7. The quantitative estimate of drug-likeness (QED) is 0.831. The molecule has 6 nitrogen and oxygen atoms in total. The van der Waals surface area contributed by atoms with Crippen molar-refractivity contribution in [3.8, 4) is 0 Å². The minimum atomic E-state index is -0.705. The van der Waals surface area contributed by atoms with E-state index in [0.29, 0.717) is 32.6 Å². The minimum Gasteiger partial charge on any atom is -0.481 e. The maximum Gasteiger partial charge on any atom is 0.318 e. The van der Waals surface area contributed by atoms with Crippen LogP contribution in [0.1, 0.15) is 51.4 Å². The first-order chi connectivity index (χ1) is 11.1. The highest BCUT2D eigenvalue weighted by Crippen LogP contribution is 2.32. The van der Waals surface area contributed by atoms with Gasteiger partial charge in [-0.3, -0.25) is 4.79 Å². The minimum absolute atomic E-state index is 0.0106. The molecule has 23 heavy (non-hydrogen) atoms. The summed E-state index contributed by atoms with van der Waals surface area (Å²) in [6.07, 6.45) is 7.79. The van der Waals surface area contributed by atoms with E-state index >= 15 is 0 Å². The summed E-state index contributed by atoms with van der Waals surface area (Å²) in [5, 5.41) is 12.2. The number of carboxylic acid groups (broad SMARTS) is 1. The molecule has 2 aliphatic carbocycles. The van der Waals surface area contributed by atoms with Crippen molar-refractivity contribution in [1.29, 1.82) is 0 Å². The smallest absolute Gasteiger partial charge is 0.318 e. The van der Waals surface area contributed by atoms with Gasteiger partial charge in [0.1, 0.15) is 0 Å². The second-order valence-corrected chi connectivity index (χ2v) is 7.29. The van der Waals surface area contributed by atoms with E-state index in [9.17, 15) is 9.59 Å². The molecule has 1 atom stereocenters. The van der Waals surface area contributed by atoms with Crippen molar-refractivity contribution >= 4 is 12.0 Å². The maximum atomic E-state index is 12.6. The lowest BCUT2D eigenvalue weighted by Crippen LogP contribution is -2.55. The van der Waals surface area contributed by atoms with Gasteiger partial charge in [0.25, 0.3) is 0 Å². The number of morpholine rings is 1. The zero-order chi connectivity index (χ0) is 16.2. The van der Waals surface area contributed by atoms with Crippen LogP contribution >= 0.6 is 0 Å². The van der Waals surface area contributed by atoms with Gasteiger partial charge in [-0.25, -0.2) is 4.79 Å². The van der Waals surface area contributed by atoms with E-state index < -0.39 is 5.97 Å². The fraction of sp³-hybridized carbons (Fsp3) is 0.882. The molecule has 2 N–H and O–H groups in total. The molecule has 6 heteroatoms. The Labute approximate surface area is 137 Å². The van der Waals surface area contributed by atoms with E-state index in [0.717, 1.165) is 25.2 Å². The van der Waals surface area contributed by atoms with Crippen LogP contribution in [0.15, 0.2) is 0 Å². The topological polar surface area (TPSA) is 78.9 Å². The number of ether oxygens (including phenoxy) is 1. The molecule has 3 rings (SSSR count). The third-order valence-corrected chi connectivity index (χ3v) is 5.72. The Bertz CT molecular complexity index is 430. The van der Waals surface area contributed by atoms with E-state index in [1.54, 1.807) is 0 Å². The molecule has 3 fully saturated rings. The summed E-state index contributed by atoms with van der Waals surface area (Å²) in [6.45, 7) is 1.92. The third-order valence-electron chi connectivity index (χ3n) is 5.72. The lowest BCUT2D eigenvalue weighted by Gasteiger charge is -2.40. The van der Waals surface area contributed by atoms with Gasteiger partial charge in [0.15, 0.2) is 0 Å². The second-order valence-electron chi connectivity index (χ2n) is 7.29. The number of nitrogens with zero attached hydrogens (tertiary/aromatic N) is 1. The number of nitrogens with one attached hydrogen (secondary N) is 1. The number of hydrogen-bond donors (Lipinski definition) is 2. The lowest BCUT2D eigenvalue weighted by molar-refractivity contribution is -0.142. The third kappa shape index (κ3) is 4.16. The van der Waals surface area contributed by atoms with Gasteiger partial charge in [-0.2, -0.15) is 0 Å². The summed E-state index contributed by atoms with van der Waals surface area (Å²) < 4.78 is 5.58. The molecule has 2 amide bonds. The summed E-state index contributed by atoms with van der Waals surface area (Å²) in [5.41, 5.74) is 0. The number of hydrogen-bond acceptors (Lipinski definition) is 3. The van der Waals surface area contributed by atoms with Gasteiger partial charge in [-0.15, -0.1) is 0 Å². The summed E-state index contributed by atoms with van der Waals surface area (Å²) in [6, 6.07) is 0.325. The molecular formula is C17H28N2O4. The Balaban J connectivity index is 1.48. The van der Waals surface area contributed by atoms with Crippen molar-refractivity contribution in [2.24, 2.45) is 11.8 Å². The molecule has 0 radical (unpaired) electrons. The molecule has 0 bridgehead atoms. The van der Waals surface area contributed by atoms with Crippen LogP contribution in [0, 0.1) is 11.8 Å². The molecule has 0 aromatic rings. The van der Waals surface area contributed by atoms with Crippen LogP contribution in [0.2, 0.25) is 0 Å². The van der Waals surface area contributed by atoms with E-state index in [-0.39, 0.29) is 24.0 Å². The normalized spacial score (nSPS) is 32.2. The van der Waals surface area contributed by atoms with Gasteiger partial charge in [0.2, 0.25) is 0 Å². The van der Waals surface area contributed by atoms with Gasteiger partial charge in [-0.1, -0.05) is 19.3 Å². The molecule has 0 spiro atoms. The summed E-state index contributed by atoms with van der Waals surface area (Å²) >= 11 is 0. The van der Waals surface area contributed by atoms with Crippen molar-refractivity contribution in [2.45, 2.75) is 63.5 Å². The molecule has 1 saturated heterocycles. The van der Waals surface area contributed by atoms with E-state index in [4.69, 9.17) is 9.84 Å². The van der Waals surface area contributed by atoms with Crippen LogP contribution < -0.4 is 5.32 Å². The monoisotopic (exact) mass is 324 g/mol. The van der Waals surface area contributed by atoms with Gasteiger partial charge in [-0.05, 0) is 38.0 Å². The molecule has 130 valence electrons. The van der Waals surface area contributed by atoms with E-state index in [1.807, 2.05) is 4.90 Å². The van der Waals surface area contributed by atoms with Crippen molar-refractivity contribution in [1.82, 2.24) is 10.2 Å². The van der Waals surface area contributed by atoms with Crippen LogP contribution in [0.5, 0.6) is 0 Å². The first-order valence-corrected chi connectivity index (χ1v) is 9.01. The van der Waals surface area contributed by atoms with Crippen molar-refractivity contribution < 1.29 is 19.4 Å². The second kappa shape index (κ2) is 7.51. The Hall–Kier alpha value is -1.30. The molecule has 1 heterocycles. The van der Waals surface area contributed by atoms with Crippen LogP contribution in [-0.2, 0) is 9.53 Å². The number of urea groups is 1. The maximum absolute atomic E-state index is 12.6. The van der Waals surface area contributed by atoms with E-state index in [2.05, 4.69) is 5.32 Å². The Morgan fingerprint density at radius 1 is 1.13 bits per heavy atom. The summed E-state index contributed by atoms with van der Waals surface area (Å²) in [7, 11) is 0. The molecular weight excluding hydrogens is 296 g/mol. The number of carboxylic acids is 1. The molecule has 1 unspecified atom stereocenters. The number of carbonyl (C=O) groups excluding carboxylic acids is 1. The lowest BCUT2D eigenvalue weighted by atomic mass is 9.80. The van der Waals surface area contributed by atoms with Crippen LogP contribution in [0.4, 0.5) is 4.79 Å². The Morgan fingerprint density at radius 3 is 2.48 bits per heavy atom. The summed E-state index contributed by atoms with van der Waals surface area (Å²) in [5.74, 6) is -0.190. The zero-order valence-corrected chi connectivity index (χ0v) is 13.7. The Kier molecular flexibility index (Phi) is 5.41. The average Bonchev–Trinajstić information content (AvgIpc) is 2.52. The molecule has 1 aliphatic heterocycles. The van der Waals surface area contributed by atoms with Gasteiger partial charge < -0.3 is 20.1 Å². The van der Waals surface area contributed by atoms with Gasteiger partial charge >= 0.3 is 12.0 Å². The number of amides is 2. The fourth-order valence-electron chi connectivity index (χ4n) is 3.97. The van der Waals surface area contributed by atoms with E-state index in [1.165, 1.54) is 19.3 Å². The average molecular weight is 324 g/mol. The SMILES string of the molecule is O=C(O)C1CCC(NC(=O)N2CCOCC2CC2CCC2)CC1. The number of aliphatic carboxylic acids is 1. The van der Waals surface area contributed by atoms with Gasteiger partial charge in [0.05, 0.1) is 25.2 Å². The summed E-state index contributed by atoms with van der Waals surface area (Å²) in [4.78, 5) is 25.6. The number of rotatable bonds is 4. The van der Waals surface area contributed by atoms with Gasteiger partial charge in [0, 0.05) is 12.6 Å². The predicted octanol–water partition coefficient (Wildman–Crippen LogP) is 2.23. The first kappa shape index (κ1) is 16.6. The Morgan fingerprint density at radius 2 is 1.87 bits per heavy atom. The van der Waals surface area contributed by atoms with Crippen LogP contribution in [0.25, 0.3) is 0 Å². The number of carbonyl (C=O) groups is 2. The fourth-order valence-corrected chi connectivity index (χ4v) is 3.97. The molecule has 3 aliphatic rings. The molecule has 0 aromatic carbocycles. The highest BCUT2D eigenvalue weighted by atomic mass is 16.5.